The molecule has 1 N–H and O–H groups in total. The molecule has 1 heterocycles. The molecule has 2 atom stereocenters. The third-order valence-corrected chi connectivity index (χ3v) is 2.64. The zero-order valence-corrected chi connectivity index (χ0v) is 8.79. The van der Waals surface area contributed by atoms with Crippen LogP contribution in [0.2, 0.25) is 0 Å². The molecule has 3 heteroatoms. The van der Waals surface area contributed by atoms with Crippen molar-refractivity contribution in [2.45, 2.75) is 37.8 Å². The molecule has 0 bridgehead atoms. The maximum atomic E-state index is 11.6. The molecule has 0 spiro atoms. The van der Waals surface area contributed by atoms with E-state index in [1.165, 1.54) is 0 Å². The van der Waals surface area contributed by atoms with Crippen LogP contribution in [0.15, 0.2) is 12.7 Å². The second-order valence-electron chi connectivity index (χ2n) is 3.70. The smallest absolute Gasteiger partial charge is 0.149 e. The second-order valence-corrected chi connectivity index (χ2v) is 3.70. The van der Waals surface area contributed by atoms with Gasteiger partial charge in [-0.1, -0.05) is 6.08 Å². The molecule has 14 heavy (non-hydrogen) atoms. The normalized spacial score (nSPS) is 26.4. The van der Waals surface area contributed by atoms with Crippen molar-refractivity contribution in [2.75, 3.05) is 13.7 Å². The molecule has 0 radical (unpaired) electrons. The lowest BCUT2D eigenvalue weighted by molar-refractivity contribution is -0.121. The molecule has 0 aliphatic carbocycles. The van der Waals surface area contributed by atoms with Crippen LogP contribution in [0.3, 0.4) is 0 Å². The summed E-state index contributed by atoms with van der Waals surface area (Å²) in [6.07, 6.45) is 5.38. The lowest BCUT2D eigenvalue weighted by Crippen LogP contribution is -2.30. The minimum atomic E-state index is 0.0183. The van der Waals surface area contributed by atoms with Gasteiger partial charge in [0.15, 0.2) is 0 Å². The number of rotatable bonds is 6. The first-order chi connectivity index (χ1) is 6.77. The summed E-state index contributed by atoms with van der Waals surface area (Å²) < 4.78 is 5.19. The fourth-order valence-corrected chi connectivity index (χ4v) is 1.72. The van der Waals surface area contributed by atoms with E-state index in [0.717, 1.165) is 25.8 Å². The van der Waals surface area contributed by atoms with Crippen molar-refractivity contribution in [1.82, 2.24) is 5.32 Å². The molecule has 0 aromatic heterocycles. The number of allylic oxidation sites excluding steroid dienone is 1. The average molecular weight is 197 g/mol. The highest BCUT2D eigenvalue weighted by Gasteiger charge is 2.28. The Balaban J connectivity index is 2.21. The Hall–Kier alpha value is -0.670. The second kappa shape index (κ2) is 5.94. The number of nitrogens with one attached hydrogen (secondary N) is 1. The molecular weight excluding hydrogens is 178 g/mol. The van der Waals surface area contributed by atoms with E-state index in [1.54, 1.807) is 7.11 Å². The first-order valence-electron chi connectivity index (χ1n) is 5.17. The van der Waals surface area contributed by atoms with Crippen molar-refractivity contribution in [3.05, 3.63) is 12.7 Å². The van der Waals surface area contributed by atoms with E-state index in [4.69, 9.17) is 4.74 Å². The number of hydrogen-bond donors (Lipinski definition) is 1. The Bertz CT molecular complexity index is 203. The van der Waals surface area contributed by atoms with Gasteiger partial charge in [-0.3, -0.25) is 4.79 Å². The summed E-state index contributed by atoms with van der Waals surface area (Å²) in [5, 5.41) is 3.18. The average Bonchev–Trinajstić information content (AvgIpc) is 2.66. The third kappa shape index (κ3) is 3.24. The van der Waals surface area contributed by atoms with Crippen molar-refractivity contribution in [1.29, 1.82) is 0 Å². The zero-order valence-electron chi connectivity index (χ0n) is 8.79. The minimum Gasteiger partial charge on any atom is -0.380 e. The van der Waals surface area contributed by atoms with Crippen molar-refractivity contribution in [3.63, 3.8) is 0 Å². The summed E-state index contributed by atoms with van der Waals surface area (Å²) in [6.45, 7) is 4.43. The number of carbonyl (C=O) groups excluding carboxylic acids is 1. The third-order valence-electron chi connectivity index (χ3n) is 2.64. The Morgan fingerprint density at radius 1 is 1.71 bits per heavy atom. The molecule has 2 unspecified atom stereocenters. The molecule has 1 aliphatic rings. The highest BCUT2D eigenvalue weighted by Crippen LogP contribution is 2.12. The monoisotopic (exact) mass is 197 g/mol. The van der Waals surface area contributed by atoms with Gasteiger partial charge in [0.05, 0.1) is 12.1 Å². The van der Waals surface area contributed by atoms with Crippen LogP contribution in [-0.4, -0.2) is 31.6 Å². The maximum Gasteiger partial charge on any atom is 0.149 e. The number of methoxy groups -OCH3 is 1. The standard InChI is InChI=1S/C11H19NO2/c1-3-4-5-6-11(13)10-7-9(14-2)8-12-10/h3,9-10,12H,1,4-8H2,2H3. The van der Waals surface area contributed by atoms with Crippen molar-refractivity contribution in [2.24, 2.45) is 0 Å². The van der Waals surface area contributed by atoms with Crippen molar-refractivity contribution >= 4 is 5.78 Å². The van der Waals surface area contributed by atoms with E-state index < -0.39 is 0 Å². The topological polar surface area (TPSA) is 38.3 Å². The number of unbranched alkanes of at least 4 members (excludes halogenated alkanes) is 1. The predicted octanol–water partition coefficient (Wildman–Crippen LogP) is 1.29. The first kappa shape index (κ1) is 11.4. The maximum absolute atomic E-state index is 11.6. The van der Waals surface area contributed by atoms with Crippen molar-refractivity contribution in [3.8, 4) is 0 Å². The van der Waals surface area contributed by atoms with Gasteiger partial charge in [0.25, 0.3) is 0 Å². The van der Waals surface area contributed by atoms with Crippen LogP contribution < -0.4 is 5.32 Å². The fraction of sp³-hybridized carbons (Fsp3) is 0.727. The van der Waals surface area contributed by atoms with Gasteiger partial charge in [-0.05, 0) is 19.3 Å². The molecule has 1 aliphatic heterocycles. The Labute approximate surface area is 85.5 Å². The first-order valence-corrected chi connectivity index (χ1v) is 5.17. The zero-order chi connectivity index (χ0) is 10.4. The van der Waals surface area contributed by atoms with Crippen LogP contribution in [0.5, 0.6) is 0 Å². The van der Waals surface area contributed by atoms with Crippen LogP contribution in [0, 0.1) is 0 Å². The van der Waals surface area contributed by atoms with Crippen LogP contribution in [0.4, 0.5) is 0 Å². The molecule has 0 saturated carbocycles. The molecule has 0 aromatic rings. The summed E-state index contributed by atoms with van der Waals surface area (Å²) >= 11 is 0. The lowest BCUT2D eigenvalue weighted by atomic mass is 10.0. The molecule has 0 amide bonds. The highest BCUT2D eigenvalue weighted by molar-refractivity contribution is 5.84. The van der Waals surface area contributed by atoms with Gasteiger partial charge in [0.1, 0.15) is 5.78 Å². The molecule has 3 nitrogen and oxygen atoms in total. The van der Waals surface area contributed by atoms with Gasteiger partial charge in [-0.15, -0.1) is 6.58 Å². The van der Waals surface area contributed by atoms with Crippen LogP contribution in [0.1, 0.15) is 25.7 Å². The molecule has 1 saturated heterocycles. The summed E-state index contributed by atoms with van der Waals surface area (Å²) in [6, 6.07) is 0.0183. The van der Waals surface area contributed by atoms with E-state index >= 15 is 0 Å². The predicted molar refractivity (Wildman–Crippen MR) is 56.3 cm³/mol. The van der Waals surface area contributed by atoms with Gasteiger partial charge >= 0.3 is 0 Å². The van der Waals surface area contributed by atoms with E-state index in [0.29, 0.717) is 12.2 Å². The van der Waals surface area contributed by atoms with E-state index in [9.17, 15) is 4.79 Å². The van der Waals surface area contributed by atoms with Gasteiger partial charge < -0.3 is 10.1 Å². The molecule has 0 aromatic carbocycles. The van der Waals surface area contributed by atoms with E-state index in [2.05, 4.69) is 11.9 Å². The molecular formula is C11H19NO2. The number of carbonyl (C=O) groups is 1. The summed E-state index contributed by atoms with van der Waals surface area (Å²) in [5.41, 5.74) is 0. The Kier molecular flexibility index (Phi) is 4.84. The Morgan fingerprint density at radius 3 is 3.07 bits per heavy atom. The summed E-state index contributed by atoms with van der Waals surface area (Å²) in [7, 11) is 1.69. The fourth-order valence-electron chi connectivity index (χ4n) is 1.72. The van der Waals surface area contributed by atoms with Gasteiger partial charge in [-0.25, -0.2) is 0 Å². The number of ketones is 1. The number of ether oxygens (including phenoxy) is 1. The van der Waals surface area contributed by atoms with Crippen LogP contribution in [-0.2, 0) is 9.53 Å². The van der Waals surface area contributed by atoms with Gasteiger partial charge in [0, 0.05) is 20.1 Å². The molecule has 1 fully saturated rings. The quantitative estimate of drug-likeness (QED) is 0.515. The highest BCUT2D eigenvalue weighted by atomic mass is 16.5. The molecule has 1 rings (SSSR count). The Morgan fingerprint density at radius 2 is 2.50 bits per heavy atom. The summed E-state index contributed by atoms with van der Waals surface area (Å²) in [4.78, 5) is 11.6. The van der Waals surface area contributed by atoms with Gasteiger partial charge in [-0.2, -0.15) is 0 Å². The largest absolute Gasteiger partial charge is 0.380 e. The van der Waals surface area contributed by atoms with E-state index in [1.807, 2.05) is 6.08 Å². The number of hydrogen-bond acceptors (Lipinski definition) is 3. The minimum absolute atomic E-state index is 0.0183. The van der Waals surface area contributed by atoms with Gasteiger partial charge in [0.2, 0.25) is 0 Å². The number of Topliss-reactive ketones (excluding diaryl/α,β-unsaturated/α-hetero) is 1. The van der Waals surface area contributed by atoms with E-state index in [-0.39, 0.29) is 12.1 Å². The lowest BCUT2D eigenvalue weighted by Gasteiger charge is -2.08. The van der Waals surface area contributed by atoms with Crippen LogP contribution in [0.25, 0.3) is 0 Å². The van der Waals surface area contributed by atoms with Crippen LogP contribution >= 0.6 is 0 Å². The molecule has 80 valence electrons. The SMILES string of the molecule is C=CCCCC(=O)C1CC(OC)CN1. The summed E-state index contributed by atoms with van der Waals surface area (Å²) in [5.74, 6) is 0.311. The van der Waals surface area contributed by atoms with Crippen molar-refractivity contribution < 1.29 is 9.53 Å².